The first-order valence-corrected chi connectivity index (χ1v) is 8.12. The number of fused-ring (bicyclic) bond motifs is 1. The van der Waals surface area contributed by atoms with Crippen molar-refractivity contribution >= 4 is 5.97 Å². The van der Waals surface area contributed by atoms with E-state index in [-0.39, 0.29) is 24.5 Å². The summed E-state index contributed by atoms with van der Waals surface area (Å²) < 4.78 is 5.31. The number of aliphatic hydroxyl groups excluding tert-OH is 3. The number of hydrogen-bond acceptors (Lipinski definition) is 5. The summed E-state index contributed by atoms with van der Waals surface area (Å²) >= 11 is 0. The molecule has 22 heavy (non-hydrogen) atoms. The van der Waals surface area contributed by atoms with Crippen molar-refractivity contribution in [2.24, 2.45) is 11.8 Å². The zero-order valence-corrected chi connectivity index (χ0v) is 12.8. The van der Waals surface area contributed by atoms with Crippen molar-refractivity contribution in [3.8, 4) is 0 Å². The predicted molar refractivity (Wildman–Crippen MR) is 81.9 cm³/mol. The second-order valence-corrected chi connectivity index (χ2v) is 6.23. The maximum atomic E-state index is 11.8. The standard InChI is InChI=1S/C17H26O5/c18-9-8-14-5-3-1-2-4-12-10-13(19)11-15(12)16(20)6-7-17(21)22-14/h2,4,6-7,12-16,18-20H,1,3,5,8-11H2/b4-2+,7-6+/t12-,13+,14-,15-,16-/m1/s1. The van der Waals surface area contributed by atoms with Crippen LogP contribution >= 0.6 is 0 Å². The SMILES string of the molecule is O=C1/C=C/[C@@H](O)[C@@H]2C[C@@H](O)C[C@H]2/C=C/CCC[C@H](CCO)O1. The van der Waals surface area contributed by atoms with Gasteiger partial charge in [0.1, 0.15) is 6.10 Å². The van der Waals surface area contributed by atoms with Crippen LogP contribution in [0, 0.1) is 11.8 Å². The highest BCUT2D eigenvalue weighted by Gasteiger charge is 2.35. The van der Waals surface area contributed by atoms with Crippen LogP contribution < -0.4 is 0 Å². The van der Waals surface area contributed by atoms with Gasteiger partial charge in [0.2, 0.25) is 0 Å². The van der Waals surface area contributed by atoms with Crippen LogP contribution in [-0.4, -0.2) is 46.2 Å². The van der Waals surface area contributed by atoms with Crippen LogP contribution in [-0.2, 0) is 9.53 Å². The number of allylic oxidation sites excluding steroid dienone is 2. The van der Waals surface area contributed by atoms with Crippen LogP contribution in [0.5, 0.6) is 0 Å². The van der Waals surface area contributed by atoms with Gasteiger partial charge in [-0.3, -0.25) is 0 Å². The third-order valence-electron chi connectivity index (χ3n) is 4.52. The normalized spacial score (nSPS) is 39.8. The van der Waals surface area contributed by atoms with Gasteiger partial charge in [0.15, 0.2) is 0 Å². The Balaban J connectivity index is 2.08. The van der Waals surface area contributed by atoms with E-state index in [1.54, 1.807) is 0 Å². The lowest BCUT2D eigenvalue weighted by Crippen LogP contribution is -2.22. The fourth-order valence-corrected chi connectivity index (χ4v) is 3.35. The summed E-state index contributed by atoms with van der Waals surface area (Å²) in [6, 6.07) is 0. The van der Waals surface area contributed by atoms with Crippen molar-refractivity contribution in [2.45, 2.75) is 56.8 Å². The van der Waals surface area contributed by atoms with Gasteiger partial charge in [-0.15, -0.1) is 0 Å². The Hall–Kier alpha value is -1.17. The zero-order valence-electron chi connectivity index (χ0n) is 12.8. The minimum Gasteiger partial charge on any atom is -0.459 e. The summed E-state index contributed by atoms with van der Waals surface area (Å²) in [6.07, 6.45) is 9.53. The van der Waals surface area contributed by atoms with Gasteiger partial charge in [-0.2, -0.15) is 0 Å². The lowest BCUT2D eigenvalue weighted by atomic mass is 9.90. The predicted octanol–water partition coefficient (Wildman–Crippen LogP) is 1.32. The van der Waals surface area contributed by atoms with Gasteiger partial charge in [0.25, 0.3) is 0 Å². The number of cyclic esters (lactones) is 1. The van der Waals surface area contributed by atoms with Crippen molar-refractivity contribution in [3.05, 3.63) is 24.3 Å². The first-order valence-electron chi connectivity index (χ1n) is 8.12. The van der Waals surface area contributed by atoms with Crippen molar-refractivity contribution in [1.82, 2.24) is 0 Å². The summed E-state index contributed by atoms with van der Waals surface area (Å²) in [5.74, 6) is -0.413. The Morgan fingerprint density at radius 2 is 2.05 bits per heavy atom. The van der Waals surface area contributed by atoms with E-state index in [2.05, 4.69) is 12.2 Å². The van der Waals surface area contributed by atoms with Gasteiger partial charge in [-0.25, -0.2) is 4.79 Å². The molecule has 0 bridgehead atoms. The maximum Gasteiger partial charge on any atom is 0.330 e. The van der Waals surface area contributed by atoms with Crippen LogP contribution in [0.25, 0.3) is 0 Å². The van der Waals surface area contributed by atoms with Gasteiger partial charge in [0, 0.05) is 19.1 Å². The summed E-state index contributed by atoms with van der Waals surface area (Å²) in [5.41, 5.74) is 0. The molecule has 2 aliphatic rings. The Labute approximate surface area is 131 Å². The van der Waals surface area contributed by atoms with Gasteiger partial charge in [0.05, 0.1) is 12.2 Å². The molecule has 0 radical (unpaired) electrons. The first-order chi connectivity index (χ1) is 10.6. The Morgan fingerprint density at radius 1 is 1.23 bits per heavy atom. The number of hydrogen-bond donors (Lipinski definition) is 3. The van der Waals surface area contributed by atoms with Crippen molar-refractivity contribution in [2.75, 3.05) is 6.61 Å². The van der Waals surface area contributed by atoms with E-state index in [1.807, 2.05) is 0 Å². The van der Waals surface area contributed by atoms with Crippen LogP contribution in [0.4, 0.5) is 0 Å². The molecule has 1 heterocycles. The zero-order chi connectivity index (χ0) is 15.9. The number of carbonyl (C=O) groups is 1. The van der Waals surface area contributed by atoms with Crippen LogP contribution in [0.3, 0.4) is 0 Å². The highest BCUT2D eigenvalue weighted by atomic mass is 16.5. The second kappa shape index (κ2) is 8.46. The van der Waals surface area contributed by atoms with E-state index in [1.165, 1.54) is 12.2 Å². The quantitative estimate of drug-likeness (QED) is 0.529. The molecule has 1 fully saturated rings. The molecule has 0 unspecified atom stereocenters. The molecule has 0 amide bonds. The van der Waals surface area contributed by atoms with Crippen LogP contribution in [0.2, 0.25) is 0 Å². The Morgan fingerprint density at radius 3 is 2.82 bits per heavy atom. The number of carbonyl (C=O) groups excluding carboxylic acids is 1. The smallest absolute Gasteiger partial charge is 0.330 e. The highest BCUT2D eigenvalue weighted by molar-refractivity contribution is 5.82. The van der Waals surface area contributed by atoms with E-state index in [4.69, 9.17) is 9.84 Å². The molecular weight excluding hydrogens is 284 g/mol. The molecule has 1 aliphatic heterocycles. The molecule has 0 spiro atoms. The molecule has 1 saturated carbocycles. The molecule has 0 aromatic rings. The monoisotopic (exact) mass is 310 g/mol. The number of esters is 1. The maximum absolute atomic E-state index is 11.8. The fraction of sp³-hybridized carbons (Fsp3) is 0.706. The summed E-state index contributed by atoms with van der Waals surface area (Å²) in [5, 5.41) is 29.1. The average Bonchev–Trinajstić information content (AvgIpc) is 2.85. The van der Waals surface area contributed by atoms with Crippen molar-refractivity contribution in [1.29, 1.82) is 0 Å². The van der Waals surface area contributed by atoms with Crippen molar-refractivity contribution < 1.29 is 24.9 Å². The highest BCUT2D eigenvalue weighted by Crippen LogP contribution is 2.36. The number of rotatable bonds is 2. The summed E-state index contributed by atoms with van der Waals surface area (Å²) in [6.45, 7) is -0.0117. The molecule has 1 aliphatic carbocycles. The van der Waals surface area contributed by atoms with E-state index in [0.29, 0.717) is 25.7 Å². The van der Waals surface area contributed by atoms with E-state index >= 15 is 0 Å². The molecule has 0 aromatic heterocycles. The van der Waals surface area contributed by atoms with Gasteiger partial charge >= 0.3 is 5.97 Å². The molecule has 5 atom stereocenters. The first kappa shape index (κ1) is 17.2. The van der Waals surface area contributed by atoms with Gasteiger partial charge in [-0.1, -0.05) is 12.2 Å². The van der Waals surface area contributed by atoms with Gasteiger partial charge < -0.3 is 20.1 Å². The molecule has 3 N–H and O–H groups in total. The lowest BCUT2D eigenvalue weighted by Gasteiger charge is -2.19. The topological polar surface area (TPSA) is 87.0 Å². The summed E-state index contributed by atoms with van der Waals surface area (Å²) in [4.78, 5) is 11.8. The lowest BCUT2D eigenvalue weighted by molar-refractivity contribution is -0.144. The summed E-state index contributed by atoms with van der Waals surface area (Å²) in [7, 11) is 0. The number of ether oxygens (including phenoxy) is 1. The molecule has 0 saturated heterocycles. The third kappa shape index (κ3) is 4.93. The fourth-order valence-electron chi connectivity index (χ4n) is 3.35. The minimum absolute atomic E-state index is 0.0117. The van der Waals surface area contributed by atoms with Crippen molar-refractivity contribution in [3.63, 3.8) is 0 Å². The largest absolute Gasteiger partial charge is 0.459 e. The van der Waals surface area contributed by atoms with Gasteiger partial charge in [-0.05, 0) is 50.0 Å². The third-order valence-corrected chi connectivity index (χ3v) is 4.52. The van der Waals surface area contributed by atoms with E-state index in [9.17, 15) is 15.0 Å². The average molecular weight is 310 g/mol. The molecule has 124 valence electrons. The Bertz CT molecular complexity index is 417. The molecular formula is C17H26O5. The second-order valence-electron chi connectivity index (χ2n) is 6.23. The molecule has 2 rings (SSSR count). The molecule has 0 aromatic carbocycles. The Kier molecular flexibility index (Phi) is 6.61. The molecule has 5 nitrogen and oxygen atoms in total. The number of aliphatic hydroxyl groups is 3. The van der Waals surface area contributed by atoms with Crippen LogP contribution in [0.15, 0.2) is 24.3 Å². The molecule has 5 heteroatoms. The van der Waals surface area contributed by atoms with E-state index < -0.39 is 18.2 Å². The van der Waals surface area contributed by atoms with Crippen LogP contribution in [0.1, 0.15) is 38.5 Å². The van der Waals surface area contributed by atoms with E-state index in [0.717, 1.165) is 12.8 Å². The minimum atomic E-state index is -0.767.